The second kappa shape index (κ2) is 6.71. The van der Waals surface area contributed by atoms with Crippen LogP contribution in [-0.2, 0) is 4.74 Å². The largest absolute Gasteiger partial charge is 0.462 e. The molecule has 1 heterocycles. The van der Waals surface area contributed by atoms with Crippen LogP contribution in [0.1, 0.15) is 23.0 Å². The van der Waals surface area contributed by atoms with Crippen LogP contribution in [0.3, 0.4) is 0 Å². The number of carbonyl (C=O) groups excluding carboxylic acids is 1. The van der Waals surface area contributed by atoms with E-state index in [2.05, 4.69) is 0 Å². The van der Waals surface area contributed by atoms with Gasteiger partial charge in [0.25, 0.3) is 0 Å². The molecule has 2 aromatic carbocycles. The molecule has 0 saturated heterocycles. The first-order chi connectivity index (χ1) is 11.6. The molecular weight excluding hydrogens is 305 g/mol. The number of hydrogen-bond acceptors (Lipinski definition) is 2. The molecule has 3 aromatic rings. The lowest BCUT2D eigenvalue weighted by molar-refractivity contribution is 0.0527. The molecule has 24 heavy (non-hydrogen) atoms. The number of nitrogens with zero attached hydrogens (tertiary/aromatic N) is 1. The number of aromatic nitrogens is 1. The third-order valence-electron chi connectivity index (χ3n) is 3.79. The smallest absolute Gasteiger partial charge is 0.340 e. The molecular formula is C20H18FNO2. The summed E-state index contributed by atoms with van der Waals surface area (Å²) in [6, 6.07) is 17.7. The van der Waals surface area contributed by atoms with Gasteiger partial charge in [-0.25, -0.2) is 9.18 Å². The fourth-order valence-electron chi connectivity index (χ4n) is 2.83. The Morgan fingerprint density at radius 1 is 1.08 bits per heavy atom. The lowest BCUT2D eigenvalue weighted by Crippen LogP contribution is -2.07. The van der Waals surface area contributed by atoms with Gasteiger partial charge in [0, 0.05) is 11.4 Å². The molecule has 3 rings (SSSR count). The molecule has 122 valence electrons. The van der Waals surface area contributed by atoms with Gasteiger partial charge in [0.1, 0.15) is 5.82 Å². The molecule has 0 aliphatic carbocycles. The summed E-state index contributed by atoms with van der Waals surface area (Å²) >= 11 is 0. The summed E-state index contributed by atoms with van der Waals surface area (Å²) in [6.45, 7) is 3.97. The zero-order chi connectivity index (χ0) is 17.1. The van der Waals surface area contributed by atoms with Crippen molar-refractivity contribution in [3.05, 3.63) is 77.7 Å². The number of benzene rings is 2. The van der Waals surface area contributed by atoms with E-state index in [9.17, 15) is 9.18 Å². The average Bonchev–Trinajstić information content (AvgIpc) is 2.93. The lowest BCUT2D eigenvalue weighted by Gasteiger charge is -2.13. The summed E-state index contributed by atoms with van der Waals surface area (Å²) in [6.07, 6.45) is 0. The van der Waals surface area contributed by atoms with E-state index in [1.54, 1.807) is 19.1 Å². The molecule has 0 aliphatic heterocycles. The number of halogens is 1. The predicted molar refractivity (Wildman–Crippen MR) is 91.9 cm³/mol. The van der Waals surface area contributed by atoms with Gasteiger partial charge in [0.05, 0.1) is 17.9 Å². The van der Waals surface area contributed by atoms with Crippen molar-refractivity contribution in [3.8, 4) is 16.9 Å². The molecule has 1 aromatic heterocycles. The van der Waals surface area contributed by atoms with Crippen LogP contribution in [0, 0.1) is 12.7 Å². The van der Waals surface area contributed by atoms with Crippen LogP contribution < -0.4 is 0 Å². The first-order valence-corrected chi connectivity index (χ1v) is 7.82. The normalized spacial score (nSPS) is 10.6. The van der Waals surface area contributed by atoms with E-state index >= 15 is 0 Å². The maximum Gasteiger partial charge on any atom is 0.340 e. The lowest BCUT2D eigenvalue weighted by atomic mass is 10.1. The standard InChI is InChI=1S/C20H18FNO2/c1-3-24-20(23)18-12-14(2)22(17-11-7-10-16(21)13-17)19(18)15-8-5-4-6-9-15/h4-13H,3H2,1-2H3. The highest BCUT2D eigenvalue weighted by molar-refractivity contribution is 5.97. The monoisotopic (exact) mass is 323 g/mol. The van der Waals surface area contributed by atoms with E-state index in [0.29, 0.717) is 23.6 Å². The average molecular weight is 323 g/mol. The minimum atomic E-state index is -0.380. The molecule has 4 heteroatoms. The first-order valence-electron chi connectivity index (χ1n) is 7.82. The zero-order valence-electron chi connectivity index (χ0n) is 13.6. The zero-order valence-corrected chi connectivity index (χ0v) is 13.6. The number of ether oxygens (including phenoxy) is 1. The SMILES string of the molecule is CCOC(=O)c1cc(C)n(-c2cccc(F)c2)c1-c1ccccc1. The number of rotatable bonds is 4. The maximum absolute atomic E-state index is 13.7. The van der Waals surface area contributed by atoms with Gasteiger partial charge in [-0.05, 0) is 43.7 Å². The topological polar surface area (TPSA) is 31.2 Å². The number of hydrogen-bond donors (Lipinski definition) is 0. The Morgan fingerprint density at radius 3 is 2.50 bits per heavy atom. The van der Waals surface area contributed by atoms with E-state index in [-0.39, 0.29) is 11.8 Å². The van der Waals surface area contributed by atoms with Crippen molar-refractivity contribution in [1.29, 1.82) is 0 Å². The van der Waals surface area contributed by atoms with Crippen molar-refractivity contribution in [2.24, 2.45) is 0 Å². The second-order valence-electron chi connectivity index (χ2n) is 5.45. The highest BCUT2D eigenvalue weighted by Crippen LogP contribution is 2.31. The van der Waals surface area contributed by atoms with Crippen LogP contribution in [0.5, 0.6) is 0 Å². The van der Waals surface area contributed by atoms with Crippen molar-refractivity contribution >= 4 is 5.97 Å². The van der Waals surface area contributed by atoms with E-state index < -0.39 is 0 Å². The van der Waals surface area contributed by atoms with Crippen LogP contribution in [0.2, 0.25) is 0 Å². The second-order valence-corrected chi connectivity index (χ2v) is 5.45. The summed E-state index contributed by atoms with van der Waals surface area (Å²) in [5, 5.41) is 0. The van der Waals surface area contributed by atoms with Crippen molar-refractivity contribution in [2.45, 2.75) is 13.8 Å². The van der Waals surface area contributed by atoms with E-state index in [1.807, 2.05) is 47.9 Å². The Morgan fingerprint density at radius 2 is 1.83 bits per heavy atom. The van der Waals surface area contributed by atoms with Gasteiger partial charge in [0.2, 0.25) is 0 Å². The van der Waals surface area contributed by atoms with Crippen molar-refractivity contribution in [1.82, 2.24) is 4.57 Å². The summed E-state index contributed by atoms with van der Waals surface area (Å²) in [5.41, 5.74) is 3.56. The third kappa shape index (κ3) is 2.95. The molecule has 0 N–H and O–H groups in total. The molecule has 0 unspecified atom stereocenters. The minimum Gasteiger partial charge on any atom is -0.462 e. The van der Waals surface area contributed by atoms with E-state index in [4.69, 9.17) is 4.74 Å². The Balaban J connectivity index is 2.27. The van der Waals surface area contributed by atoms with Crippen molar-refractivity contribution in [2.75, 3.05) is 6.61 Å². The van der Waals surface area contributed by atoms with Crippen molar-refractivity contribution in [3.63, 3.8) is 0 Å². The van der Waals surface area contributed by atoms with Crippen molar-refractivity contribution < 1.29 is 13.9 Å². The van der Waals surface area contributed by atoms with Gasteiger partial charge in [-0.2, -0.15) is 0 Å². The third-order valence-corrected chi connectivity index (χ3v) is 3.79. The van der Waals surface area contributed by atoms with E-state index in [0.717, 1.165) is 11.3 Å². The Bertz CT molecular complexity index is 869. The number of aryl methyl sites for hydroxylation is 1. The van der Waals surface area contributed by atoms with Gasteiger partial charge in [-0.15, -0.1) is 0 Å². The maximum atomic E-state index is 13.7. The van der Waals surface area contributed by atoms with Gasteiger partial charge >= 0.3 is 5.97 Å². The van der Waals surface area contributed by atoms with Gasteiger partial charge in [0.15, 0.2) is 0 Å². The molecule has 0 spiro atoms. The number of carbonyl (C=O) groups is 1. The van der Waals surface area contributed by atoms with Gasteiger partial charge < -0.3 is 9.30 Å². The Labute approximate surface area is 140 Å². The molecule has 0 bridgehead atoms. The highest BCUT2D eigenvalue weighted by atomic mass is 19.1. The molecule has 0 atom stereocenters. The molecule has 3 nitrogen and oxygen atoms in total. The number of esters is 1. The summed E-state index contributed by atoms with van der Waals surface area (Å²) in [4.78, 5) is 12.4. The highest BCUT2D eigenvalue weighted by Gasteiger charge is 2.22. The summed E-state index contributed by atoms with van der Waals surface area (Å²) < 4.78 is 20.8. The van der Waals surface area contributed by atoms with Gasteiger partial charge in [-0.1, -0.05) is 36.4 Å². The predicted octanol–water partition coefficient (Wildman–Crippen LogP) is 4.77. The quantitative estimate of drug-likeness (QED) is 0.648. The molecule has 0 fully saturated rings. The minimum absolute atomic E-state index is 0.303. The van der Waals surface area contributed by atoms with E-state index in [1.165, 1.54) is 12.1 Å². The van der Waals surface area contributed by atoms with Crippen LogP contribution in [-0.4, -0.2) is 17.1 Å². The Kier molecular flexibility index (Phi) is 4.47. The molecule has 0 radical (unpaired) electrons. The molecule has 0 saturated carbocycles. The summed E-state index contributed by atoms with van der Waals surface area (Å²) in [5.74, 6) is -0.702. The van der Waals surface area contributed by atoms with Crippen LogP contribution >= 0.6 is 0 Å². The van der Waals surface area contributed by atoms with Crippen LogP contribution in [0.15, 0.2) is 60.7 Å². The van der Waals surface area contributed by atoms with Crippen LogP contribution in [0.4, 0.5) is 4.39 Å². The fourth-order valence-corrected chi connectivity index (χ4v) is 2.83. The fraction of sp³-hybridized carbons (Fsp3) is 0.150. The molecule has 0 amide bonds. The van der Waals surface area contributed by atoms with Gasteiger partial charge in [-0.3, -0.25) is 0 Å². The Hall–Kier alpha value is -2.88. The van der Waals surface area contributed by atoms with Crippen LogP contribution in [0.25, 0.3) is 16.9 Å². The summed E-state index contributed by atoms with van der Waals surface area (Å²) in [7, 11) is 0. The molecule has 0 aliphatic rings. The first kappa shape index (κ1) is 16.0.